The number of aromatic nitrogens is 2. The Morgan fingerprint density at radius 3 is 2.90 bits per heavy atom. The number of piperazine rings is 1. The van der Waals surface area contributed by atoms with E-state index in [1.54, 1.807) is 11.8 Å². The van der Waals surface area contributed by atoms with Crippen molar-refractivity contribution in [3.63, 3.8) is 0 Å². The molecule has 0 aliphatic carbocycles. The summed E-state index contributed by atoms with van der Waals surface area (Å²) >= 11 is 1.72. The SMILES string of the molecule is CSCc1noc(CN2CCN(C3CCNC3)CC2)n1. The fourth-order valence-electron chi connectivity index (χ4n) is 2.97. The second-order valence-electron chi connectivity index (χ2n) is 5.50. The van der Waals surface area contributed by atoms with Crippen LogP contribution in [0.3, 0.4) is 0 Å². The Bertz CT molecular complexity index is 413. The van der Waals surface area contributed by atoms with Gasteiger partial charge in [-0.05, 0) is 19.2 Å². The fraction of sp³-hybridized carbons (Fsp3) is 0.846. The Hall–Kier alpha value is -0.630. The largest absolute Gasteiger partial charge is 0.338 e. The van der Waals surface area contributed by atoms with Crippen molar-refractivity contribution in [2.24, 2.45) is 0 Å². The smallest absolute Gasteiger partial charge is 0.240 e. The van der Waals surface area contributed by atoms with Crippen LogP contribution in [-0.2, 0) is 12.3 Å². The molecule has 0 spiro atoms. The minimum atomic E-state index is 0.744. The number of rotatable bonds is 5. The molecule has 0 radical (unpaired) electrons. The Kier molecular flexibility index (Phi) is 4.93. The van der Waals surface area contributed by atoms with Crippen molar-refractivity contribution < 1.29 is 4.52 Å². The van der Waals surface area contributed by atoms with Gasteiger partial charge in [-0.2, -0.15) is 16.7 Å². The summed E-state index contributed by atoms with van der Waals surface area (Å²) in [4.78, 5) is 9.45. The molecule has 0 aromatic carbocycles. The van der Waals surface area contributed by atoms with Crippen LogP contribution in [0.1, 0.15) is 18.1 Å². The predicted molar refractivity (Wildman–Crippen MR) is 79.6 cm³/mol. The first-order valence-corrected chi connectivity index (χ1v) is 8.72. The molecule has 1 aromatic rings. The Morgan fingerprint density at radius 2 is 2.20 bits per heavy atom. The summed E-state index contributed by atoms with van der Waals surface area (Å²) < 4.78 is 5.31. The van der Waals surface area contributed by atoms with Gasteiger partial charge >= 0.3 is 0 Å². The van der Waals surface area contributed by atoms with Crippen molar-refractivity contribution in [3.05, 3.63) is 11.7 Å². The standard InChI is InChI=1S/C13H23N5OS/c1-20-10-12-15-13(19-16-12)9-17-4-6-18(7-5-17)11-2-3-14-8-11/h11,14H,2-10H2,1H3. The van der Waals surface area contributed by atoms with Crippen LogP contribution < -0.4 is 5.32 Å². The molecule has 0 bridgehead atoms. The summed E-state index contributed by atoms with van der Waals surface area (Å²) in [6.45, 7) is 7.61. The summed E-state index contributed by atoms with van der Waals surface area (Å²) in [7, 11) is 0. The van der Waals surface area contributed by atoms with Gasteiger partial charge in [0, 0.05) is 38.8 Å². The van der Waals surface area contributed by atoms with Gasteiger partial charge in [0.05, 0.1) is 12.3 Å². The van der Waals surface area contributed by atoms with E-state index in [2.05, 4.69) is 25.3 Å². The summed E-state index contributed by atoms with van der Waals surface area (Å²) in [6, 6.07) is 0.744. The first kappa shape index (κ1) is 14.3. The van der Waals surface area contributed by atoms with Gasteiger partial charge in [0.1, 0.15) is 0 Å². The maximum Gasteiger partial charge on any atom is 0.240 e. The second kappa shape index (κ2) is 6.89. The summed E-state index contributed by atoms with van der Waals surface area (Å²) in [5.41, 5.74) is 0. The first-order chi connectivity index (χ1) is 9.85. The summed E-state index contributed by atoms with van der Waals surface area (Å²) in [5, 5.41) is 7.44. The van der Waals surface area contributed by atoms with E-state index in [1.165, 1.54) is 13.0 Å². The minimum absolute atomic E-state index is 0.744. The number of thioether (sulfide) groups is 1. The van der Waals surface area contributed by atoms with Crippen molar-refractivity contribution in [2.45, 2.75) is 24.8 Å². The van der Waals surface area contributed by atoms with Crippen LogP contribution in [0.25, 0.3) is 0 Å². The van der Waals surface area contributed by atoms with Gasteiger partial charge in [-0.3, -0.25) is 9.80 Å². The van der Waals surface area contributed by atoms with Crippen LogP contribution in [0.2, 0.25) is 0 Å². The lowest BCUT2D eigenvalue weighted by molar-refractivity contribution is 0.0908. The van der Waals surface area contributed by atoms with E-state index in [-0.39, 0.29) is 0 Å². The molecule has 1 aromatic heterocycles. The third kappa shape index (κ3) is 3.52. The normalized spacial score (nSPS) is 25.4. The van der Waals surface area contributed by atoms with Gasteiger partial charge < -0.3 is 9.84 Å². The molecule has 2 fully saturated rings. The predicted octanol–water partition coefficient (Wildman–Crippen LogP) is 0.412. The lowest BCUT2D eigenvalue weighted by Gasteiger charge is -2.37. The molecule has 0 saturated carbocycles. The first-order valence-electron chi connectivity index (χ1n) is 7.32. The van der Waals surface area contributed by atoms with E-state index < -0.39 is 0 Å². The Morgan fingerprint density at radius 1 is 1.35 bits per heavy atom. The average Bonchev–Trinajstić information content (AvgIpc) is 3.12. The van der Waals surface area contributed by atoms with E-state index in [4.69, 9.17) is 4.52 Å². The van der Waals surface area contributed by atoms with Crippen LogP contribution in [0.4, 0.5) is 0 Å². The lowest BCUT2D eigenvalue weighted by atomic mass is 10.2. The fourth-order valence-corrected chi connectivity index (χ4v) is 3.35. The highest BCUT2D eigenvalue weighted by atomic mass is 32.2. The highest BCUT2D eigenvalue weighted by molar-refractivity contribution is 7.97. The van der Waals surface area contributed by atoms with Crippen molar-refractivity contribution in [1.82, 2.24) is 25.3 Å². The molecule has 3 rings (SSSR count). The quantitative estimate of drug-likeness (QED) is 0.845. The van der Waals surface area contributed by atoms with Gasteiger partial charge in [0.15, 0.2) is 5.82 Å². The van der Waals surface area contributed by atoms with E-state index in [0.29, 0.717) is 0 Å². The second-order valence-corrected chi connectivity index (χ2v) is 6.36. The molecular weight excluding hydrogens is 274 g/mol. The zero-order chi connectivity index (χ0) is 13.8. The maximum absolute atomic E-state index is 5.31. The van der Waals surface area contributed by atoms with Crippen LogP contribution in [-0.4, -0.2) is 71.5 Å². The third-order valence-corrected chi connectivity index (χ3v) is 4.65. The van der Waals surface area contributed by atoms with Gasteiger partial charge in [0.2, 0.25) is 5.89 Å². The topological polar surface area (TPSA) is 57.4 Å². The molecule has 112 valence electrons. The molecule has 2 saturated heterocycles. The Balaban J connectivity index is 1.45. The highest BCUT2D eigenvalue weighted by Crippen LogP contribution is 2.14. The van der Waals surface area contributed by atoms with Gasteiger partial charge in [-0.25, -0.2) is 0 Å². The minimum Gasteiger partial charge on any atom is -0.338 e. The molecule has 3 heterocycles. The molecule has 7 heteroatoms. The zero-order valence-electron chi connectivity index (χ0n) is 12.0. The van der Waals surface area contributed by atoms with Crippen LogP contribution in [0.5, 0.6) is 0 Å². The van der Waals surface area contributed by atoms with E-state index in [0.717, 1.165) is 62.8 Å². The van der Waals surface area contributed by atoms with Crippen molar-refractivity contribution in [3.8, 4) is 0 Å². The van der Waals surface area contributed by atoms with Gasteiger partial charge in [-0.15, -0.1) is 0 Å². The number of nitrogens with one attached hydrogen (secondary N) is 1. The van der Waals surface area contributed by atoms with Crippen LogP contribution >= 0.6 is 11.8 Å². The molecule has 6 nitrogen and oxygen atoms in total. The molecule has 2 aliphatic rings. The van der Waals surface area contributed by atoms with Crippen molar-refractivity contribution >= 4 is 11.8 Å². The zero-order valence-corrected chi connectivity index (χ0v) is 12.9. The van der Waals surface area contributed by atoms with E-state index in [9.17, 15) is 0 Å². The van der Waals surface area contributed by atoms with Gasteiger partial charge in [-0.1, -0.05) is 5.16 Å². The Labute approximate surface area is 124 Å². The van der Waals surface area contributed by atoms with E-state index in [1.807, 2.05) is 6.26 Å². The lowest BCUT2D eigenvalue weighted by Crippen LogP contribution is -2.50. The molecule has 1 atom stereocenters. The number of hydrogen-bond acceptors (Lipinski definition) is 7. The molecule has 20 heavy (non-hydrogen) atoms. The summed E-state index contributed by atoms with van der Waals surface area (Å²) in [6.07, 6.45) is 3.34. The number of nitrogens with zero attached hydrogens (tertiary/aromatic N) is 4. The van der Waals surface area contributed by atoms with Crippen LogP contribution in [0.15, 0.2) is 4.52 Å². The average molecular weight is 297 g/mol. The highest BCUT2D eigenvalue weighted by Gasteiger charge is 2.26. The van der Waals surface area contributed by atoms with Crippen molar-refractivity contribution in [1.29, 1.82) is 0 Å². The molecular formula is C13H23N5OS. The summed E-state index contributed by atoms with van der Waals surface area (Å²) in [5.74, 6) is 2.39. The molecule has 1 N–H and O–H groups in total. The third-order valence-electron chi connectivity index (χ3n) is 4.10. The van der Waals surface area contributed by atoms with E-state index >= 15 is 0 Å². The monoisotopic (exact) mass is 297 g/mol. The maximum atomic E-state index is 5.31. The van der Waals surface area contributed by atoms with Crippen molar-refractivity contribution in [2.75, 3.05) is 45.5 Å². The molecule has 1 unspecified atom stereocenters. The number of hydrogen-bond donors (Lipinski definition) is 1. The van der Waals surface area contributed by atoms with Gasteiger partial charge in [0.25, 0.3) is 0 Å². The molecule has 0 amide bonds. The molecule has 2 aliphatic heterocycles. The van der Waals surface area contributed by atoms with Crippen LogP contribution in [0, 0.1) is 0 Å².